The molecule has 0 saturated heterocycles. The first-order chi connectivity index (χ1) is 10.2. The van der Waals surface area contributed by atoms with E-state index in [0.29, 0.717) is 17.2 Å². The van der Waals surface area contributed by atoms with Crippen LogP contribution in [0.4, 0.5) is 0 Å². The predicted octanol–water partition coefficient (Wildman–Crippen LogP) is 2.71. The fraction of sp³-hybridized carbons (Fsp3) is 0.235. The summed E-state index contributed by atoms with van der Waals surface area (Å²) in [6.45, 7) is 0. The third-order valence-electron chi connectivity index (χ3n) is 3.26. The van der Waals surface area contributed by atoms with E-state index < -0.39 is 0 Å². The third-order valence-corrected chi connectivity index (χ3v) is 3.26. The van der Waals surface area contributed by atoms with Crippen molar-refractivity contribution in [1.82, 2.24) is 0 Å². The van der Waals surface area contributed by atoms with Gasteiger partial charge in [-0.1, -0.05) is 0 Å². The molecule has 0 N–H and O–H groups in total. The van der Waals surface area contributed by atoms with Gasteiger partial charge in [0, 0.05) is 23.8 Å². The smallest absolute Gasteiger partial charge is 0.204 e. The maximum absolute atomic E-state index is 5.47. The Morgan fingerprint density at radius 3 is 2.24 bits per heavy atom. The molecule has 1 heterocycles. The molecule has 0 amide bonds. The summed E-state index contributed by atoms with van der Waals surface area (Å²) in [5.41, 5.74) is 2.02. The molecule has 0 spiro atoms. The standard InChI is InChI=1S/C17H20NO3/c1-18-12-6-5-7-14(18)10-8-13-9-11-15(19-2)17(21-4)16(13)20-3/h5-12H,1-4H3/q+1/b10-8-. The van der Waals surface area contributed by atoms with E-state index in [1.165, 1.54) is 0 Å². The number of hydrogen-bond donors (Lipinski definition) is 0. The first-order valence-corrected chi connectivity index (χ1v) is 6.63. The molecule has 0 aliphatic heterocycles. The molecule has 0 radical (unpaired) electrons. The molecule has 4 nitrogen and oxygen atoms in total. The van der Waals surface area contributed by atoms with Crippen molar-refractivity contribution in [2.45, 2.75) is 0 Å². The Bertz CT molecular complexity index is 650. The van der Waals surface area contributed by atoms with Crippen LogP contribution >= 0.6 is 0 Å². The van der Waals surface area contributed by atoms with Crippen molar-refractivity contribution >= 4 is 12.2 Å². The summed E-state index contributed by atoms with van der Waals surface area (Å²) in [6.07, 6.45) is 6.03. The van der Waals surface area contributed by atoms with Gasteiger partial charge in [0.1, 0.15) is 7.05 Å². The van der Waals surface area contributed by atoms with Crippen LogP contribution in [0.15, 0.2) is 36.5 Å². The van der Waals surface area contributed by atoms with E-state index in [1.54, 1.807) is 21.3 Å². The van der Waals surface area contributed by atoms with Crippen molar-refractivity contribution in [3.63, 3.8) is 0 Å². The number of nitrogens with zero attached hydrogens (tertiary/aromatic N) is 1. The van der Waals surface area contributed by atoms with E-state index in [0.717, 1.165) is 11.3 Å². The topological polar surface area (TPSA) is 31.6 Å². The summed E-state index contributed by atoms with van der Waals surface area (Å²) < 4.78 is 18.2. The number of pyridine rings is 1. The Balaban J connectivity index is 2.43. The number of hydrogen-bond acceptors (Lipinski definition) is 3. The van der Waals surface area contributed by atoms with Crippen LogP contribution < -0.4 is 18.8 Å². The summed E-state index contributed by atoms with van der Waals surface area (Å²) >= 11 is 0. The van der Waals surface area contributed by atoms with Gasteiger partial charge in [0.15, 0.2) is 17.7 Å². The van der Waals surface area contributed by atoms with Gasteiger partial charge in [-0.05, 0) is 24.3 Å². The van der Waals surface area contributed by atoms with Gasteiger partial charge in [-0.25, -0.2) is 4.57 Å². The molecule has 21 heavy (non-hydrogen) atoms. The van der Waals surface area contributed by atoms with Crippen LogP contribution in [-0.4, -0.2) is 21.3 Å². The summed E-state index contributed by atoms with van der Waals surface area (Å²) in [6, 6.07) is 9.86. The lowest BCUT2D eigenvalue weighted by atomic mass is 10.1. The fourth-order valence-electron chi connectivity index (χ4n) is 2.14. The maximum Gasteiger partial charge on any atom is 0.204 e. The lowest BCUT2D eigenvalue weighted by Gasteiger charge is -2.13. The van der Waals surface area contributed by atoms with Crippen molar-refractivity contribution in [2.24, 2.45) is 7.05 Å². The highest BCUT2D eigenvalue weighted by atomic mass is 16.5. The summed E-state index contributed by atoms with van der Waals surface area (Å²) in [4.78, 5) is 0. The Morgan fingerprint density at radius 1 is 0.857 bits per heavy atom. The van der Waals surface area contributed by atoms with E-state index in [2.05, 4.69) is 0 Å². The third kappa shape index (κ3) is 3.16. The molecular formula is C17H20NO3+. The number of ether oxygens (including phenoxy) is 3. The molecule has 0 aliphatic carbocycles. The van der Waals surface area contributed by atoms with Gasteiger partial charge in [0.25, 0.3) is 0 Å². The molecule has 0 fully saturated rings. The monoisotopic (exact) mass is 286 g/mol. The lowest BCUT2D eigenvalue weighted by molar-refractivity contribution is -0.673. The second-order valence-electron chi connectivity index (χ2n) is 4.49. The highest BCUT2D eigenvalue weighted by Gasteiger charge is 2.14. The van der Waals surface area contributed by atoms with Gasteiger partial charge in [0.05, 0.1) is 21.3 Å². The second kappa shape index (κ2) is 6.79. The van der Waals surface area contributed by atoms with Gasteiger partial charge in [-0.15, -0.1) is 0 Å². The number of aryl methyl sites for hydroxylation is 1. The minimum atomic E-state index is 0.597. The maximum atomic E-state index is 5.47. The minimum Gasteiger partial charge on any atom is -0.493 e. The van der Waals surface area contributed by atoms with Crippen LogP contribution in [0.2, 0.25) is 0 Å². The van der Waals surface area contributed by atoms with Gasteiger partial charge >= 0.3 is 0 Å². The van der Waals surface area contributed by atoms with E-state index in [1.807, 2.05) is 60.3 Å². The Hall–Kier alpha value is -2.49. The first-order valence-electron chi connectivity index (χ1n) is 6.63. The van der Waals surface area contributed by atoms with Crippen LogP contribution in [-0.2, 0) is 7.05 Å². The van der Waals surface area contributed by atoms with Crippen LogP contribution in [0, 0.1) is 0 Å². The van der Waals surface area contributed by atoms with Crippen LogP contribution in [0.1, 0.15) is 11.3 Å². The lowest BCUT2D eigenvalue weighted by Crippen LogP contribution is -2.30. The first kappa shape index (κ1) is 14.9. The largest absolute Gasteiger partial charge is 0.493 e. The van der Waals surface area contributed by atoms with Gasteiger partial charge in [-0.3, -0.25) is 0 Å². The van der Waals surface area contributed by atoms with Crippen molar-refractivity contribution in [1.29, 1.82) is 0 Å². The number of benzene rings is 1. The van der Waals surface area contributed by atoms with E-state index in [9.17, 15) is 0 Å². The van der Waals surface area contributed by atoms with E-state index in [4.69, 9.17) is 14.2 Å². The molecule has 1 aromatic heterocycles. The SMILES string of the molecule is COc1ccc(/C=C\c2cccc[n+]2C)c(OC)c1OC. The number of aromatic nitrogens is 1. The Kier molecular flexibility index (Phi) is 4.82. The molecule has 110 valence electrons. The van der Waals surface area contributed by atoms with Crippen LogP contribution in [0.25, 0.3) is 12.2 Å². The highest BCUT2D eigenvalue weighted by molar-refractivity contribution is 5.74. The molecule has 0 unspecified atom stereocenters. The average molecular weight is 286 g/mol. The van der Waals surface area contributed by atoms with Crippen LogP contribution in [0.5, 0.6) is 17.2 Å². The zero-order chi connectivity index (χ0) is 15.2. The average Bonchev–Trinajstić information content (AvgIpc) is 2.52. The molecule has 2 rings (SSSR count). The molecule has 0 aliphatic rings. The van der Waals surface area contributed by atoms with Gasteiger partial charge in [0.2, 0.25) is 11.4 Å². The summed E-state index contributed by atoms with van der Waals surface area (Å²) in [7, 11) is 6.84. The molecule has 2 aromatic rings. The number of rotatable bonds is 5. The van der Waals surface area contributed by atoms with Crippen molar-refractivity contribution in [3.05, 3.63) is 47.8 Å². The van der Waals surface area contributed by atoms with Crippen molar-refractivity contribution < 1.29 is 18.8 Å². The zero-order valence-electron chi connectivity index (χ0n) is 12.8. The molecule has 0 bridgehead atoms. The molecular weight excluding hydrogens is 266 g/mol. The van der Waals surface area contributed by atoms with Crippen molar-refractivity contribution in [3.8, 4) is 17.2 Å². The normalized spacial score (nSPS) is 10.7. The molecule has 0 atom stereocenters. The van der Waals surface area contributed by atoms with Crippen LogP contribution in [0.3, 0.4) is 0 Å². The van der Waals surface area contributed by atoms with Crippen molar-refractivity contribution in [2.75, 3.05) is 21.3 Å². The Labute approximate surface area is 125 Å². The summed E-state index contributed by atoms with van der Waals surface area (Å²) in [5, 5.41) is 0. The number of methoxy groups -OCH3 is 3. The molecule has 4 heteroatoms. The quantitative estimate of drug-likeness (QED) is 0.792. The fourth-order valence-corrected chi connectivity index (χ4v) is 2.14. The Morgan fingerprint density at radius 2 is 1.62 bits per heavy atom. The van der Waals surface area contributed by atoms with E-state index in [-0.39, 0.29) is 0 Å². The van der Waals surface area contributed by atoms with Gasteiger partial charge < -0.3 is 14.2 Å². The van der Waals surface area contributed by atoms with Gasteiger partial charge in [-0.2, -0.15) is 0 Å². The highest BCUT2D eigenvalue weighted by Crippen LogP contribution is 2.40. The van der Waals surface area contributed by atoms with E-state index >= 15 is 0 Å². The predicted molar refractivity (Wildman–Crippen MR) is 82.6 cm³/mol. The zero-order valence-corrected chi connectivity index (χ0v) is 12.8. The minimum absolute atomic E-state index is 0.597. The summed E-state index contributed by atoms with van der Waals surface area (Å²) in [5.74, 6) is 1.91. The molecule has 1 aromatic carbocycles. The second-order valence-corrected chi connectivity index (χ2v) is 4.49. The molecule has 0 saturated carbocycles.